The number of aliphatic hydroxyl groups is 4. The van der Waals surface area contributed by atoms with Crippen LogP contribution in [0.3, 0.4) is 0 Å². The van der Waals surface area contributed by atoms with Gasteiger partial charge in [0.1, 0.15) is 24.4 Å². The predicted molar refractivity (Wildman–Crippen MR) is 54.9 cm³/mol. The van der Waals surface area contributed by atoms with Gasteiger partial charge in [0.2, 0.25) is 0 Å². The average molecular weight is 248 g/mol. The number of aliphatic hydroxyl groups excluding tert-OH is 4. The number of methoxy groups -OCH3 is 1. The number of hydrogen-bond acceptors (Lipinski definition) is 7. The second-order valence-electron chi connectivity index (χ2n) is 3.72. The molecule has 1 fully saturated rings. The molecule has 0 aliphatic carbocycles. The van der Waals surface area contributed by atoms with Crippen molar-refractivity contribution in [3.05, 3.63) is 12.7 Å². The van der Waals surface area contributed by atoms with Crippen LogP contribution in [0.15, 0.2) is 12.7 Å². The van der Waals surface area contributed by atoms with Crippen molar-refractivity contribution in [2.45, 2.75) is 36.8 Å². The molecule has 0 amide bonds. The third kappa shape index (κ3) is 2.71. The minimum absolute atomic E-state index is 0.861. The first-order valence-corrected chi connectivity index (χ1v) is 5.00. The number of Topliss-reactive ketones (excluding diaryl/α,β-unsaturated/α-hetero) is 1. The van der Waals surface area contributed by atoms with Crippen LogP contribution >= 0.6 is 0 Å². The van der Waals surface area contributed by atoms with Crippen LogP contribution in [0.5, 0.6) is 0 Å². The summed E-state index contributed by atoms with van der Waals surface area (Å²) in [5.41, 5.74) is 0. The molecule has 6 atom stereocenters. The molecular weight excluding hydrogens is 232 g/mol. The Morgan fingerprint density at radius 3 is 2.41 bits per heavy atom. The SMILES string of the molecule is C=CC(O)C(=O)[C@H]1O[C@H](OC)[C@H](O)[C@@H](O)[C@H]1O. The smallest absolute Gasteiger partial charge is 0.196 e. The molecule has 0 bridgehead atoms. The number of hydrogen-bond donors (Lipinski definition) is 4. The van der Waals surface area contributed by atoms with E-state index >= 15 is 0 Å². The van der Waals surface area contributed by atoms with Crippen LogP contribution < -0.4 is 0 Å². The highest BCUT2D eigenvalue weighted by Crippen LogP contribution is 2.23. The van der Waals surface area contributed by atoms with E-state index in [4.69, 9.17) is 9.47 Å². The molecule has 1 aliphatic rings. The van der Waals surface area contributed by atoms with Gasteiger partial charge in [-0.3, -0.25) is 4.79 Å². The first kappa shape index (κ1) is 14.2. The summed E-state index contributed by atoms with van der Waals surface area (Å²) in [5.74, 6) is -0.861. The highest BCUT2D eigenvalue weighted by molar-refractivity contribution is 5.89. The van der Waals surface area contributed by atoms with Crippen molar-refractivity contribution in [1.82, 2.24) is 0 Å². The minimum Gasteiger partial charge on any atom is -0.387 e. The summed E-state index contributed by atoms with van der Waals surface area (Å²) in [6.45, 7) is 3.22. The van der Waals surface area contributed by atoms with Crippen molar-refractivity contribution in [1.29, 1.82) is 0 Å². The molecular formula is C10H16O7. The average Bonchev–Trinajstić information content (AvgIpc) is 2.34. The van der Waals surface area contributed by atoms with Crippen LogP contribution in [0.1, 0.15) is 0 Å². The lowest BCUT2D eigenvalue weighted by Gasteiger charge is -2.39. The normalized spacial score (nSPS) is 39.7. The van der Waals surface area contributed by atoms with Crippen molar-refractivity contribution < 1.29 is 34.7 Å². The van der Waals surface area contributed by atoms with Crippen molar-refractivity contribution in [2.24, 2.45) is 0 Å². The van der Waals surface area contributed by atoms with E-state index in [9.17, 15) is 25.2 Å². The van der Waals surface area contributed by atoms with E-state index < -0.39 is 42.6 Å². The predicted octanol–water partition coefficient (Wildman–Crippen LogP) is -2.44. The van der Waals surface area contributed by atoms with Crippen LogP contribution in [0.25, 0.3) is 0 Å². The van der Waals surface area contributed by atoms with E-state index in [1.54, 1.807) is 0 Å². The van der Waals surface area contributed by atoms with Gasteiger partial charge < -0.3 is 29.9 Å². The molecule has 1 aliphatic heterocycles. The molecule has 7 nitrogen and oxygen atoms in total. The van der Waals surface area contributed by atoms with Crippen LogP contribution in [-0.2, 0) is 14.3 Å². The van der Waals surface area contributed by atoms with Crippen molar-refractivity contribution in [2.75, 3.05) is 7.11 Å². The zero-order chi connectivity index (χ0) is 13.2. The molecule has 0 aromatic heterocycles. The maximum atomic E-state index is 11.6. The number of ether oxygens (including phenoxy) is 2. The molecule has 17 heavy (non-hydrogen) atoms. The molecule has 1 saturated heterocycles. The number of ketones is 1. The Labute approximate surface area is 97.9 Å². The quantitative estimate of drug-likeness (QED) is 0.408. The largest absolute Gasteiger partial charge is 0.387 e. The van der Waals surface area contributed by atoms with Crippen molar-refractivity contribution in [3.8, 4) is 0 Å². The van der Waals surface area contributed by atoms with Gasteiger partial charge in [0.05, 0.1) is 0 Å². The summed E-state index contributed by atoms with van der Waals surface area (Å²) >= 11 is 0. The maximum Gasteiger partial charge on any atom is 0.196 e. The Bertz CT molecular complexity index is 290. The standard InChI is InChI=1S/C10H16O7/c1-3-4(11)5(12)9-7(14)6(13)8(15)10(16-2)17-9/h3-4,6-11,13-15H,1H2,2H3/t4?,6-,7+,8+,9+,10-/m0/s1. The highest BCUT2D eigenvalue weighted by Gasteiger charge is 2.47. The zero-order valence-corrected chi connectivity index (χ0v) is 9.26. The third-order valence-corrected chi connectivity index (χ3v) is 2.60. The lowest BCUT2D eigenvalue weighted by molar-refractivity contribution is -0.284. The Morgan fingerprint density at radius 2 is 1.94 bits per heavy atom. The Balaban J connectivity index is 2.85. The topological polar surface area (TPSA) is 116 Å². The van der Waals surface area contributed by atoms with Gasteiger partial charge >= 0.3 is 0 Å². The maximum absolute atomic E-state index is 11.6. The minimum atomic E-state index is -1.64. The first-order valence-electron chi connectivity index (χ1n) is 5.00. The summed E-state index contributed by atoms with van der Waals surface area (Å²) in [4.78, 5) is 11.6. The summed E-state index contributed by atoms with van der Waals surface area (Å²) in [5, 5.41) is 37.8. The van der Waals surface area contributed by atoms with Gasteiger partial charge in [0.25, 0.3) is 0 Å². The molecule has 0 aromatic carbocycles. The van der Waals surface area contributed by atoms with Gasteiger partial charge in [-0.15, -0.1) is 6.58 Å². The zero-order valence-electron chi connectivity index (χ0n) is 9.26. The molecule has 0 saturated carbocycles. The fraction of sp³-hybridized carbons (Fsp3) is 0.700. The summed E-state index contributed by atoms with van der Waals surface area (Å²) in [6, 6.07) is 0. The van der Waals surface area contributed by atoms with Crippen LogP contribution in [0.2, 0.25) is 0 Å². The molecule has 0 radical (unpaired) electrons. The summed E-state index contributed by atoms with van der Waals surface area (Å²) in [6.07, 6.45) is -7.99. The summed E-state index contributed by atoms with van der Waals surface area (Å²) < 4.78 is 9.69. The van der Waals surface area contributed by atoms with Gasteiger partial charge in [-0.25, -0.2) is 0 Å². The van der Waals surface area contributed by atoms with Gasteiger partial charge in [-0.2, -0.15) is 0 Å². The second-order valence-corrected chi connectivity index (χ2v) is 3.72. The van der Waals surface area contributed by atoms with E-state index in [-0.39, 0.29) is 0 Å². The van der Waals surface area contributed by atoms with Crippen LogP contribution in [-0.4, -0.2) is 70.1 Å². The molecule has 1 rings (SSSR count). The van der Waals surface area contributed by atoms with E-state index in [2.05, 4.69) is 6.58 Å². The molecule has 4 N–H and O–H groups in total. The molecule has 0 aromatic rings. The molecule has 7 heteroatoms. The monoisotopic (exact) mass is 248 g/mol. The van der Waals surface area contributed by atoms with Gasteiger partial charge in [0.15, 0.2) is 18.2 Å². The number of rotatable bonds is 4. The Hall–Kier alpha value is -0.830. The van der Waals surface area contributed by atoms with Gasteiger partial charge in [0, 0.05) is 7.11 Å². The lowest BCUT2D eigenvalue weighted by atomic mass is 9.94. The third-order valence-electron chi connectivity index (χ3n) is 2.60. The van der Waals surface area contributed by atoms with Gasteiger partial charge in [-0.1, -0.05) is 6.08 Å². The second kappa shape index (κ2) is 5.67. The highest BCUT2D eigenvalue weighted by atomic mass is 16.7. The Morgan fingerprint density at radius 1 is 1.35 bits per heavy atom. The van der Waals surface area contributed by atoms with Crippen LogP contribution in [0.4, 0.5) is 0 Å². The lowest BCUT2D eigenvalue weighted by Crippen LogP contribution is -2.61. The van der Waals surface area contributed by atoms with E-state index in [0.717, 1.165) is 6.08 Å². The fourth-order valence-electron chi connectivity index (χ4n) is 1.56. The van der Waals surface area contributed by atoms with E-state index in [1.807, 2.05) is 0 Å². The van der Waals surface area contributed by atoms with E-state index in [0.29, 0.717) is 0 Å². The molecule has 1 heterocycles. The fourth-order valence-corrected chi connectivity index (χ4v) is 1.56. The van der Waals surface area contributed by atoms with E-state index in [1.165, 1.54) is 7.11 Å². The van der Waals surface area contributed by atoms with Gasteiger partial charge in [-0.05, 0) is 0 Å². The Kier molecular flexibility index (Phi) is 4.75. The number of carbonyl (C=O) groups excluding carboxylic acids is 1. The van der Waals surface area contributed by atoms with Crippen molar-refractivity contribution >= 4 is 5.78 Å². The van der Waals surface area contributed by atoms with Crippen LogP contribution in [0, 0.1) is 0 Å². The molecule has 0 spiro atoms. The summed E-state index contributed by atoms with van der Waals surface area (Å²) in [7, 11) is 1.21. The number of carbonyl (C=O) groups is 1. The first-order chi connectivity index (χ1) is 7.93. The molecule has 1 unspecified atom stereocenters. The van der Waals surface area contributed by atoms with Crippen molar-refractivity contribution in [3.63, 3.8) is 0 Å². The molecule has 98 valence electrons.